The average molecular weight is 290 g/mol. The maximum Gasteiger partial charge on any atom is 0.0702 e. The number of ether oxygens (including phenoxy) is 1. The molecule has 0 aliphatic carbocycles. The van der Waals surface area contributed by atoms with Crippen molar-refractivity contribution < 1.29 is 4.74 Å². The molecule has 1 aromatic carbocycles. The lowest BCUT2D eigenvalue weighted by atomic mass is 9.98. The molecule has 1 heterocycles. The molecule has 118 valence electrons. The Morgan fingerprint density at radius 3 is 2.81 bits per heavy atom. The molecule has 0 saturated carbocycles. The Morgan fingerprint density at radius 1 is 1.38 bits per heavy atom. The Kier molecular flexibility index (Phi) is 6.22. The van der Waals surface area contributed by atoms with Crippen LogP contribution in [0.15, 0.2) is 18.2 Å². The number of hydrogen-bond acceptors (Lipinski definition) is 3. The van der Waals surface area contributed by atoms with E-state index in [1.165, 1.54) is 29.5 Å². The number of rotatable bonds is 7. The highest BCUT2D eigenvalue weighted by molar-refractivity contribution is 5.33. The molecule has 0 radical (unpaired) electrons. The van der Waals surface area contributed by atoms with E-state index in [4.69, 9.17) is 4.74 Å². The van der Waals surface area contributed by atoms with Gasteiger partial charge in [-0.15, -0.1) is 0 Å². The number of likely N-dealkylation sites (N-methyl/N-ethyl adjacent to an activating group) is 2. The van der Waals surface area contributed by atoms with Gasteiger partial charge in [-0.25, -0.2) is 0 Å². The van der Waals surface area contributed by atoms with Crippen molar-refractivity contribution in [1.82, 2.24) is 10.2 Å². The average Bonchev–Trinajstić information content (AvgIpc) is 2.91. The Morgan fingerprint density at radius 2 is 2.19 bits per heavy atom. The van der Waals surface area contributed by atoms with Gasteiger partial charge in [-0.05, 0) is 51.4 Å². The molecule has 1 aliphatic rings. The van der Waals surface area contributed by atoms with Crippen LogP contribution in [0.2, 0.25) is 0 Å². The maximum absolute atomic E-state index is 5.75. The standard InChI is InChI=1S/C18H30N2O/c1-5-19-18(17-9-8-14(2)11-15(17)3)13-20(4)12-16-7-6-10-21-16/h8-9,11,16,18-19H,5-7,10,12-13H2,1-4H3. The first-order chi connectivity index (χ1) is 10.1. The predicted octanol–water partition coefficient (Wildman–Crippen LogP) is 3.06. The van der Waals surface area contributed by atoms with Gasteiger partial charge < -0.3 is 15.0 Å². The lowest BCUT2D eigenvalue weighted by Gasteiger charge is -2.28. The van der Waals surface area contributed by atoms with Crippen molar-refractivity contribution in [3.8, 4) is 0 Å². The Balaban J connectivity index is 2.00. The van der Waals surface area contributed by atoms with E-state index in [0.29, 0.717) is 12.1 Å². The summed E-state index contributed by atoms with van der Waals surface area (Å²) in [6.45, 7) is 10.5. The molecule has 21 heavy (non-hydrogen) atoms. The van der Waals surface area contributed by atoms with Gasteiger partial charge in [0.05, 0.1) is 6.10 Å². The zero-order valence-electron chi connectivity index (χ0n) is 14.0. The SMILES string of the molecule is CCNC(CN(C)CC1CCCO1)c1ccc(C)cc1C. The van der Waals surface area contributed by atoms with Crippen molar-refractivity contribution in [2.45, 2.75) is 45.8 Å². The smallest absolute Gasteiger partial charge is 0.0702 e. The van der Waals surface area contributed by atoms with Gasteiger partial charge in [-0.3, -0.25) is 0 Å². The van der Waals surface area contributed by atoms with Crippen molar-refractivity contribution in [2.24, 2.45) is 0 Å². The molecule has 1 fully saturated rings. The van der Waals surface area contributed by atoms with Crippen molar-refractivity contribution in [2.75, 3.05) is 33.3 Å². The first kappa shape index (κ1) is 16.5. The normalized spacial score (nSPS) is 20.1. The first-order valence-electron chi connectivity index (χ1n) is 8.20. The third-order valence-corrected chi connectivity index (χ3v) is 4.28. The summed E-state index contributed by atoms with van der Waals surface area (Å²) in [6, 6.07) is 7.16. The van der Waals surface area contributed by atoms with E-state index in [0.717, 1.165) is 26.2 Å². The van der Waals surface area contributed by atoms with Crippen LogP contribution in [-0.4, -0.2) is 44.3 Å². The second kappa shape index (κ2) is 7.92. The van der Waals surface area contributed by atoms with E-state index < -0.39 is 0 Å². The minimum absolute atomic E-state index is 0.391. The third kappa shape index (κ3) is 4.80. The minimum atomic E-state index is 0.391. The van der Waals surface area contributed by atoms with Crippen molar-refractivity contribution >= 4 is 0 Å². The largest absolute Gasteiger partial charge is 0.377 e. The molecule has 0 amide bonds. The zero-order chi connectivity index (χ0) is 15.2. The quantitative estimate of drug-likeness (QED) is 0.835. The van der Waals surface area contributed by atoms with E-state index in [1.807, 2.05) is 0 Å². The monoisotopic (exact) mass is 290 g/mol. The van der Waals surface area contributed by atoms with Crippen LogP contribution >= 0.6 is 0 Å². The summed E-state index contributed by atoms with van der Waals surface area (Å²) >= 11 is 0. The highest BCUT2D eigenvalue weighted by atomic mass is 16.5. The van der Waals surface area contributed by atoms with Gasteiger partial charge in [0, 0.05) is 25.7 Å². The van der Waals surface area contributed by atoms with Crippen molar-refractivity contribution in [3.63, 3.8) is 0 Å². The van der Waals surface area contributed by atoms with Gasteiger partial charge in [0.1, 0.15) is 0 Å². The summed E-state index contributed by atoms with van der Waals surface area (Å²) in [7, 11) is 2.20. The third-order valence-electron chi connectivity index (χ3n) is 4.28. The topological polar surface area (TPSA) is 24.5 Å². The molecule has 0 aromatic heterocycles. The van der Waals surface area contributed by atoms with Crippen LogP contribution in [0, 0.1) is 13.8 Å². The Bertz CT molecular complexity index is 441. The lowest BCUT2D eigenvalue weighted by Crippen LogP contribution is -2.37. The molecular formula is C18H30N2O. The van der Waals surface area contributed by atoms with Gasteiger partial charge in [0.2, 0.25) is 0 Å². The molecule has 3 heteroatoms. The summed E-state index contributed by atoms with van der Waals surface area (Å²) < 4.78 is 5.75. The highest BCUT2D eigenvalue weighted by Crippen LogP contribution is 2.21. The van der Waals surface area contributed by atoms with Crippen LogP contribution in [0.1, 0.15) is 42.5 Å². The zero-order valence-corrected chi connectivity index (χ0v) is 14.0. The molecule has 2 rings (SSSR count). The predicted molar refractivity (Wildman–Crippen MR) is 88.8 cm³/mol. The van der Waals surface area contributed by atoms with Crippen LogP contribution in [0.5, 0.6) is 0 Å². The van der Waals surface area contributed by atoms with E-state index in [9.17, 15) is 0 Å². The Hall–Kier alpha value is -0.900. The van der Waals surface area contributed by atoms with E-state index in [-0.39, 0.29) is 0 Å². The molecule has 1 N–H and O–H groups in total. The minimum Gasteiger partial charge on any atom is -0.377 e. The number of benzene rings is 1. The van der Waals surface area contributed by atoms with Gasteiger partial charge in [-0.1, -0.05) is 30.7 Å². The van der Waals surface area contributed by atoms with Crippen LogP contribution in [0.3, 0.4) is 0 Å². The number of aryl methyl sites for hydroxylation is 2. The number of nitrogens with zero attached hydrogens (tertiary/aromatic N) is 1. The molecule has 2 atom stereocenters. The molecule has 2 unspecified atom stereocenters. The van der Waals surface area contributed by atoms with Gasteiger partial charge in [0.15, 0.2) is 0 Å². The molecule has 1 aliphatic heterocycles. The van der Waals surface area contributed by atoms with E-state index in [2.05, 4.69) is 56.2 Å². The molecular weight excluding hydrogens is 260 g/mol. The summed E-state index contributed by atoms with van der Waals surface area (Å²) in [4.78, 5) is 2.41. The summed E-state index contributed by atoms with van der Waals surface area (Å²) in [5, 5.41) is 3.63. The fourth-order valence-electron chi connectivity index (χ4n) is 3.26. The summed E-state index contributed by atoms with van der Waals surface area (Å²) in [5.41, 5.74) is 4.13. The van der Waals surface area contributed by atoms with Gasteiger partial charge in [0.25, 0.3) is 0 Å². The van der Waals surface area contributed by atoms with Crippen molar-refractivity contribution in [3.05, 3.63) is 34.9 Å². The maximum atomic E-state index is 5.75. The number of hydrogen-bond donors (Lipinski definition) is 1. The van der Waals surface area contributed by atoms with Crippen LogP contribution in [0.4, 0.5) is 0 Å². The first-order valence-corrected chi connectivity index (χ1v) is 8.20. The highest BCUT2D eigenvalue weighted by Gasteiger charge is 2.20. The van der Waals surface area contributed by atoms with E-state index in [1.54, 1.807) is 0 Å². The van der Waals surface area contributed by atoms with Gasteiger partial charge >= 0.3 is 0 Å². The van der Waals surface area contributed by atoms with Gasteiger partial charge in [-0.2, -0.15) is 0 Å². The van der Waals surface area contributed by atoms with Crippen LogP contribution in [0.25, 0.3) is 0 Å². The number of nitrogens with one attached hydrogen (secondary N) is 1. The second-order valence-corrected chi connectivity index (χ2v) is 6.33. The lowest BCUT2D eigenvalue weighted by molar-refractivity contribution is 0.0784. The molecule has 1 saturated heterocycles. The fraction of sp³-hybridized carbons (Fsp3) is 0.667. The molecule has 3 nitrogen and oxygen atoms in total. The summed E-state index contributed by atoms with van der Waals surface area (Å²) in [6.07, 6.45) is 2.85. The second-order valence-electron chi connectivity index (χ2n) is 6.33. The van der Waals surface area contributed by atoms with Crippen LogP contribution in [-0.2, 0) is 4.74 Å². The molecule has 0 bridgehead atoms. The molecule has 0 spiro atoms. The van der Waals surface area contributed by atoms with Crippen LogP contribution < -0.4 is 5.32 Å². The fourth-order valence-corrected chi connectivity index (χ4v) is 3.26. The molecule has 1 aromatic rings. The Labute approximate surface area is 129 Å². The van der Waals surface area contributed by atoms with Crippen molar-refractivity contribution in [1.29, 1.82) is 0 Å². The summed E-state index contributed by atoms with van der Waals surface area (Å²) in [5.74, 6) is 0. The van der Waals surface area contributed by atoms with E-state index >= 15 is 0 Å².